The quantitative estimate of drug-likeness (QED) is 0.393. The predicted octanol–water partition coefficient (Wildman–Crippen LogP) is 6.87. The summed E-state index contributed by atoms with van der Waals surface area (Å²) in [7, 11) is 0. The molecule has 0 spiro atoms. The van der Waals surface area contributed by atoms with Crippen molar-refractivity contribution >= 4 is 41.1 Å². The molecule has 1 saturated carbocycles. The molecule has 4 nitrogen and oxygen atoms in total. The number of carbonyl (C=O) groups excluding carboxylic acids is 1. The van der Waals surface area contributed by atoms with Crippen LogP contribution in [0.25, 0.3) is 0 Å². The van der Waals surface area contributed by atoms with E-state index in [1.165, 1.54) is 6.07 Å². The van der Waals surface area contributed by atoms with Crippen molar-refractivity contribution in [1.82, 2.24) is 9.62 Å². The van der Waals surface area contributed by atoms with Gasteiger partial charge < -0.3 is 4.74 Å². The first-order chi connectivity index (χ1) is 15.9. The largest absolute Gasteiger partial charge is 0.493 e. The summed E-state index contributed by atoms with van der Waals surface area (Å²) in [4.78, 5) is 14.6. The maximum absolute atomic E-state index is 14.6. The van der Waals surface area contributed by atoms with Crippen LogP contribution in [0, 0.1) is 11.7 Å². The molecule has 1 atom stereocenters. The van der Waals surface area contributed by atoms with Gasteiger partial charge in [-0.3, -0.25) is 14.4 Å². The maximum atomic E-state index is 14.6. The molecular formula is C25H29Cl2FN2O2S. The molecule has 1 saturated heterocycles. The van der Waals surface area contributed by atoms with E-state index in [9.17, 15) is 9.18 Å². The van der Waals surface area contributed by atoms with Crippen molar-refractivity contribution in [3.63, 3.8) is 0 Å². The van der Waals surface area contributed by atoms with Gasteiger partial charge in [0.1, 0.15) is 11.6 Å². The van der Waals surface area contributed by atoms with E-state index in [1.807, 2.05) is 12.1 Å². The number of carbonyl (C=O) groups is 1. The molecule has 33 heavy (non-hydrogen) atoms. The van der Waals surface area contributed by atoms with Gasteiger partial charge in [0, 0.05) is 28.4 Å². The van der Waals surface area contributed by atoms with Crippen molar-refractivity contribution in [3.05, 3.63) is 62.9 Å². The molecule has 1 aliphatic heterocycles. The van der Waals surface area contributed by atoms with Crippen molar-refractivity contribution in [2.75, 3.05) is 26.0 Å². The maximum Gasteiger partial charge on any atom is 0.264 e. The Kier molecular flexibility index (Phi) is 8.11. The molecule has 8 heteroatoms. The lowest BCUT2D eigenvalue weighted by Gasteiger charge is -2.36. The highest BCUT2D eigenvalue weighted by Gasteiger charge is 2.30. The van der Waals surface area contributed by atoms with Crippen molar-refractivity contribution in [2.24, 2.45) is 5.92 Å². The second kappa shape index (κ2) is 10.9. The standard InChI is InChI=1S/C25H29Cl2FN2O2S/c1-15(19-6-5-18(26)11-22(19)27)30-9-7-16(8-10-30)14-32-24-13-23(28)21(25(31)29-33-2)12-20(24)17-3-4-17/h5-6,11-13,15-17H,3-4,7-10,14H2,1-2H3,(H,29,31). The summed E-state index contributed by atoms with van der Waals surface area (Å²) >= 11 is 13.6. The molecule has 2 aromatic rings. The third-order valence-electron chi connectivity index (χ3n) is 6.64. The number of hydrogen-bond acceptors (Lipinski definition) is 4. The average Bonchev–Trinajstić information content (AvgIpc) is 3.63. The average molecular weight is 511 g/mol. The van der Waals surface area contributed by atoms with Crippen LogP contribution in [0.2, 0.25) is 10.0 Å². The molecule has 178 valence electrons. The zero-order valence-electron chi connectivity index (χ0n) is 18.9. The number of amides is 1. The minimum Gasteiger partial charge on any atom is -0.493 e. The van der Waals surface area contributed by atoms with Crippen molar-refractivity contribution in [1.29, 1.82) is 0 Å². The lowest BCUT2D eigenvalue weighted by atomic mass is 9.95. The normalized spacial score (nSPS) is 18.2. The van der Waals surface area contributed by atoms with Crippen LogP contribution >= 0.6 is 35.1 Å². The highest BCUT2D eigenvalue weighted by molar-refractivity contribution is 7.97. The van der Waals surface area contributed by atoms with E-state index in [4.69, 9.17) is 27.9 Å². The van der Waals surface area contributed by atoms with Crippen LogP contribution in [0.1, 0.15) is 66.1 Å². The number of likely N-dealkylation sites (tertiary alicyclic amines) is 1. The molecule has 1 aliphatic carbocycles. The van der Waals surface area contributed by atoms with Crippen LogP contribution in [0.4, 0.5) is 4.39 Å². The number of hydrogen-bond donors (Lipinski definition) is 1. The second-order valence-electron chi connectivity index (χ2n) is 8.91. The molecular weight excluding hydrogens is 482 g/mol. The van der Waals surface area contributed by atoms with Gasteiger partial charge in [-0.25, -0.2) is 4.39 Å². The Morgan fingerprint density at radius 3 is 2.58 bits per heavy atom. The van der Waals surface area contributed by atoms with Crippen LogP contribution in [-0.4, -0.2) is 36.8 Å². The highest BCUT2D eigenvalue weighted by Crippen LogP contribution is 2.45. The molecule has 2 aliphatic rings. The molecule has 1 heterocycles. The van der Waals surface area contributed by atoms with Crippen LogP contribution < -0.4 is 9.46 Å². The SMILES string of the molecule is CSNC(=O)c1cc(C2CC2)c(OCC2CCN(C(C)c3ccc(Cl)cc3Cl)CC2)cc1F. The minimum atomic E-state index is -0.538. The van der Waals surface area contributed by atoms with Crippen LogP contribution in [0.15, 0.2) is 30.3 Å². The summed E-state index contributed by atoms with van der Waals surface area (Å²) in [5, 5.41) is 1.34. The Morgan fingerprint density at radius 2 is 1.94 bits per heavy atom. The van der Waals surface area contributed by atoms with E-state index in [0.29, 0.717) is 34.2 Å². The van der Waals surface area contributed by atoms with E-state index >= 15 is 0 Å². The third kappa shape index (κ3) is 5.97. The summed E-state index contributed by atoms with van der Waals surface area (Å²) in [5.74, 6) is 0.400. The van der Waals surface area contributed by atoms with Gasteiger partial charge in [0.15, 0.2) is 0 Å². The molecule has 2 fully saturated rings. The summed E-state index contributed by atoms with van der Waals surface area (Å²) in [5.41, 5.74) is 2.12. The Morgan fingerprint density at radius 1 is 1.21 bits per heavy atom. The summed E-state index contributed by atoms with van der Waals surface area (Å²) < 4.78 is 23.4. The topological polar surface area (TPSA) is 41.6 Å². The number of nitrogens with one attached hydrogen (secondary N) is 1. The van der Waals surface area contributed by atoms with Gasteiger partial charge in [-0.05, 0) is 86.9 Å². The van der Waals surface area contributed by atoms with Crippen molar-refractivity contribution in [2.45, 2.75) is 44.6 Å². The van der Waals surface area contributed by atoms with Gasteiger partial charge >= 0.3 is 0 Å². The lowest BCUT2D eigenvalue weighted by molar-refractivity contribution is 0.0980. The lowest BCUT2D eigenvalue weighted by Crippen LogP contribution is -2.37. The zero-order valence-corrected chi connectivity index (χ0v) is 21.2. The zero-order chi connectivity index (χ0) is 23.5. The van der Waals surface area contributed by atoms with Gasteiger partial charge in [-0.1, -0.05) is 41.2 Å². The van der Waals surface area contributed by atoms with Gasteiger partial charge in [-0.15, -0.1) is 0 Å². The van der Waals surface area contributed by atoms with E-state index in [2.05, 4.69) is 16.5 Å². The van der Waals surface area contributed by atoms with Crippen molar-refractivity contribution < 1.29 is 13.9 Å². The number of benzene rings is 2. The smallest absolute Gasteiger partial charge is 0.264 e. The fraction of sp³-hybridized carbons (Fsp3) is 0.480. The predicted molar refractivity (Wildman–Crippen MR) is 134 cm³/mol. The van der Waals surface area contributed by atoms with Crippen LogP contribution in [-0.2, 0) is 0 Å². The summed E-state index contributed by atoms with van der Waals surface area (Å²) in [6.07, 6.45) is 5.85. The third-order valence-corrected chi connectivity index (χ3v) is 7.59. The number of rotatable bonds is 8. The number of halogens is 3. The summed E-state index contributed by atoms with van der Waals surface area (Å²) in [6.45, 7) is 4.63. The van der Waals surface area contributed by atoms with E-state index < -0.39 is 11.7 Å². The Balaban J connectivity index is 1.36. The molecule has 0 bridgehead atoms. The fourth-order valence-corrected chi connectivity index (χ4v) is 5.35. The molecule has 0 aromatic heterocycles. The van der Waals surface area contributed by atoms with Crippen LogP contribution in [0.3, 0.4) is 0 Å². The monoisotopic (exact) mass is 510 g/mol. The molecule has 0 radical (unpaired) electrons. The first kappa shape index (κ1) is 24.6. The second-order valence-corrected chi connectivity index (χ2v) is 10.4. The Bertz CT molecular complexity index is 1010. The number of piperidine rings is 1. The number of ether oxygens (including phenoxy) is 1. The molecule has 1 amide bonds. The van der Waals surface area contributed by atoms with Crippen LogP contribution in [0.5, 0.6) is 5.75 Å². The molecule has 1 unspecified atom stereocenters. The van der Waals surface area contributed by atoms with Crippen molar-refractivity contribution in [3.8, 4) is 5.75 Å². The fourth-order valence-electron chi connectivity index (χ4n) is 4.48. The number of nitrogens with zero attached hydrogens (tertiary/aromatic N) is 1. The Hall–Kier alpha value is -1.47. The minimum absolute atomic E-state index is 0.0850. The van der Waals surface area contributed by atoms with E-state index in [0.717, 1.165) is 61.8 Å². The van der Waals surface area contributed by atoms with E-state index in [-0.39, 0.29) is 11.6 Å². The first-order valence-electron chi connectivity index (χ1n) is 11.4. The molecule has 4 rings (SSSR count). The molecule has 1 N–H and O–H groups in total. The van der Waals surface area contributed by atoms with Gasteiger partial charge in [0.05, 0.1) is 12.2 Å². The van der Waals surface area contributed by atoms with Gasteiger partial charge in [-0.2, -0.15) is 0 Å². The highest BCUT2D eigenvalue weighted by atomic mass is 35.5. The summed E-state index contributed by atoms with van der Waals surface area (Å²) in [6, 6.07) is 8.96. The van der Waals surface area contributed by atoms with Gasteiger partial charge in [0.2, 0.25) is 0 Å². The van der Waals surface area contributed by atoms with E-state index in [1.54, 1.807) is 18.4 Å². The first-order valence-corrected chi connectivity index (χ1v) is 13.3. The van der Waals surface area contributed by atoms with Gasteiger partial charge in [0.25, 0.3) is 5.91 Å². The Labute approximate surface area is 209 Å². The molecule has 2 aromatic carbocycles.